The van der Waals surface area contributed by atoms with Crippen LogP contribution in [0, 0.1) is 11.3 Å². The van der Waals surface area contributed by atoms with Crippen molar-refractivity contribution in [3.63, 3.8) is 0 Å². The largest absolute Gasteiger partial charge is 0.341 e. The summed E-state index contributed by atoms with van der Waals surface area (Å²) in [5.41, 5.74) is 5.58. The lowest BCUT2D eigenvalue weighted by molar-refractivity contribution is -0.135. The minimum absolute atomic E-state index is 0.111. The van der Waals surface area contributed by atoms with Gasteiger partial charge in [0.2, 0.25) is 5.91 Å². The van der Waals surface area contributed by atoms with E-state index in [1.165, 1.54) is 0 Å². The van der Waals surface area contributed by atoms with Crippen molar-refractivity contribution in [2.45, 2.75) is 53.0 Å². The third-order valence-electron chi connectivity index (χ3n) is 4.41. The quantitative estimate of drug-likeness (QED) is 0.800. The van der Waals surface area contributed by atoms with Crippen LogP contribution in [0.4, 0.5) is 0 Å². The first-order valence-electron chi connectivity index (χ1n) is 6.31. The van der Waals surface area contributed by atoms with E-state index in [1.54, 1.807) is 0 Å². The van der Waals surface area contributed by atoms with Gasteiger partial charge in [0.15, 0.2) is 0 Å². The molecule has 1 rings (SSSR count). The topological polar surface area (TPSA) is 46.3 Å². The Labute approximate surface area is 99.4 Å². The summed E-state index contributed by atoms with van der Waals surface area (Å²) in [7, 11) is 0. The average Bonchev–Trinajstić information content (AvgIpc) is 2.61. The van der Waals surface area contributed by atoms with Crippen LogP contribution in [0.1, 0.15) is 47.5 Å². The number of hydrogen-bond acceptors (Lipinski definition) is 2. The van der Waals surface area contributed by atoms with Gasteiger partial charge in [0, 0.05) is 13.1 Å². The maximum absolute atomic E-state index is 12.2. The van der Waals surface area contributed by atoms with Crippen LogP contribution in [0.2, 0.25) is 0 Å². The predicted molar refractivity (Wildman–Crippen MR) is 67.0 cm³/mol. The van der Waals surface area contributed by atoms with E-state index in [4.69, 9.17) is 5.73 Å². The van der Waals surface area contributed by atoms with Gasteiger partial charge in [-0.15, -0.1) is 0 Å². The molecule has 1 amide bonds. The lowest BCUT2D eigenvalue weighted by Crippen LogP contribution is -2.52. The minimum Gasteiger partial charge on any atom is -0.341 e. The Morgan fingerprint density at radius 2 is 2.12 bits per heavy atom. The molecule has 0 aromatic heterocycles. The fraction of sp³-hybridized carbons (Fsp3) is 0.923. The molecule has 0 aromatic rings. The van der Waals surface area contributed by atoms with Gasteiger partial charge in [0.1, 0.15) is 0 Å². The van der Waals surface area contributed by atoms with Gasteiger partial charge in [-0.25, -0.2) is 0 Å². The monoisotopic (exact) mass is 226 g/mol. The fourth-order valence-corrected chi connectivity index (χ4v) is 2.14. The summed E-state index contributed by atoms with van der Waals surface area (Å²) in [6, 6.07) is 0. The van der Waals surface area contributed by atoms with Gasteiger partial charge in [-0.1, -0.05) is 27.7 Å². The van der Waals surface area contributed by atoms with E-state index in [0.717, 1.165) is 19.5 Å². The van der Waals surface area contributed by atoms with Crippen molar-refractivity contribution in [1.82, 2.24) is 4.90 Å². The lowest BCUT2D eigenvalue weighted by atomic mass is 9.78. The molecule has 2 atom stereocenters. The molecule has 16 heavy (non-hydrogen) atoms. The lowest BCUT2D eigenvalue weighted by Gasteiger charge is -2.32. The first-order valence-corrected chi connectivity index (χ1v) is 6.31. The summed E-state index contributed by atoms with van der Waals surface area (Å²) in [6.45, 7) is 12.3. The van der Waals surface area contributed by atoms with Crippen LogP contribution in [-0.2, 0) is 4.79 Å². The van der Waals surface area contributed by atoms with Crippen LogP contribution < -0.4 is 5.73 Å². The number of carbonyl (C=O) groups is 1. The molecule has 3 nitrogen and oxygen atoms in total. The Bertz CT molecular complexity index is 273. The highest BCUT2D eigenvalue weighted by atomic mass is 16.2. The van der Waals surface area contributed by atoms with Crippen molar-refractivity contribution in [3.8, 4) is 0 Å². The van der Waals surface area contributed by atoms with Gasteiger partial charge in [0.25, 0.3) is 0 Å². The molecule has 1 heterocycles. The van der Waals surface area contributed by atoms with Crippen molar-refractivity contribution >= 4 is 5.91 Å². The van der Waals surface area contributed by atoms with Crippen LogP contribution in [0.15, 0.2) is 0 Å². The molecule has 0 saturated carbocycles. The zero-order valence-corrected chi connectivity index (χ0v) is 11.3. The second-order valence-corrected chi connectivity index (χ2v) is 6.06. The Kier molecular flexibility index (Phi) is 3.68. The molecule has 0 radical (unpaired) electrons. The van der Waals surface area contributed by atoms with Crippen LogP contribution >= 0.6 is 0 Å². The number of nitrogens with two attached hydrogens (primary N) is 1. The molecule has 1 aliphatic rings. The zero-order valence-electron chi connectivity index (χ0n) is 11.3. The average molecular weight is 226 g/mol. The van der Waals surface area contributed by atoms with E-state index in [0.29, 0.717) is 12.3 Å². The number of carbonyl (C=O) groups excluding carboxylic acids is 1. The summed E-state index contributed by atoms with van der Waals surface area (Å²) in [5.74, 6) is 0.718. The first kappa shape index (κ1) is 13.5. The van der Waals surface area contributed by atoms with E-state index < -0.39 is 5.54 Å². The smallest absolute Gasteiger partial charge is 0.242 e. The maximum Gasteiger partial charge on any atom is 0.242 e. The molecule has 1 aliphatic heterocycles. The zero-order chi connectivity index (χ0) is 12.6. The van der Waals surface area contributed by atoms with Crippen LogP contribution in [0.5, 0.6) is 0 Å². The molecule has 94 valence electrons. The molecule has 1 unspecified atom stereocenters. The van der Waals surface area contributed by atoms with Crippen molar-refractivity contribution in [1.29, 1.82) is 0 Å². The van der Waals surface area contributed by atoms with Gasteiger partial charge in [-0.2, -0.15) is 0 Å². The number of nitrogens with zero attached hydrogens (tertiary/aromatic N) is 1. The van der Waals surface area contributed by atoms with Gasteiger partial charge in [0.05, 0.1) is 5.54 Å². The number of amides is 1. The van der Waals surface area contributed by atoms with Crippen molar-refractivity contribution in [3.05, 3.63) is 0 Å². The second kappa shape index (κ2) is 4.36. The summed E-state index contributed by atoms with van der Waals surface area (Å²) < 4.78 is 0. The highest BCUT2D eigenvalue weighted by molar-refractivity contribution is 5.85. The van der Waals surface area contributed by atoms with E-state index in [9.17, 15) is 4.79 Å². The minimum atomic E-state index is -0.692. The number of likely N-dealkylation sites (tertiary alicyclic amines) is 1. The summed E-state index contributed by atoms with van der Waals surface area (Å²) >= 11 is 0. The molecule has 1 fully saturated rings. The third-order valence-corrected chi connectivity index (χ3v) is 4.41. The first-order chi connectivity index (χ1) is 7.23. The Balaban J connectivity index is 2.71. The van der Waals surface area contributed by atoms with Gasteiger partial charge in [-0.05, 0) is 31.1 Å². The Morgan fingerprint density at radius 3 is 2.50 bits per heavy atom. The molecule has 0 aliphatic carbocycles. The number of rotatable bonds is 3. The maximum atomic E-state index is 12.2. The SMILES string of the molecule is CCC(C)(N)C(=O)N1CC[C@](C)(C(C)C)C1. The molecule has 0 aromatic carbocycles. The normalized spacial score (nSPS) is 29.6. The van der Waals surface area contributed by atoms with E-state index in [1.807, 2.05) is 18.7 Å². The molecule has 0 spiro atoms. The van der Waals surface area contributed by atoms with Crippen LogP contribution in [0.25, 0.3) is 0 Å². The van der Waals surface area contributed by atoms with Gasteiger partial charge < -0.3 is 10.6 Å². The summed E-state index contributed by atoms with van der Waals surface area (Å²) in [6.07, 6.45) is 1.79. The van der Waals surface area contributed by atoms with Crippen LogP contribution in [-0.4, -0.2) is 29.4 Å². The van der Waals surface area contributed by atoms with Crippen LogP contribution in [0.3, 0.4) is 0 Å². The van der Waals surface area contributed by atoms with E-state index in [-0.39, 0.29) is 11.3 Å². The molecule has 3 heteroatoms. The molecule has 1 saturated heterocycles. The highest BCUT2D eigenvalue weighted by Crippen LogP contribution is 2.37. The molecule has 2 N–H and O–H groups in total. The summed E-state index contributed by atoms with van der Waals surface area (Å²) in [5, 5.41) is 0. The fourth-order valence-electron chi connectivity index (χ4n) is 2.14. The second-order valence-electron chi connectivity index (χ2n) is 6.06. The number of hydrogen-bond donors (Lipinski definition) is 1. The highest BCUT2D eigenvalue weighted by Gasteiger charge is 2.41. The standard InChI is InChI=1S/C13H26N2O/c1-6-13(5,14)11(16)15-8-7-12(4,9-15)10(2)3/h10H,6-9,14H2,1-5H3/t12-,13?/m0/s1. The predicted octanol–water partition coefficient (Wildman–Crippen LogP) is 2.01. The van der Waals surface area contributed by atoms with Gasteiger partial charge in [-0.3, -0.25) is 4.79 Å². The molecular formula is C13H26N2O. The van der Waals surface area contributed by atoms with E-state index >= 15 is 0 Å². The van der Waals surface area contributed by atoms with Crippen molar-refractivity contribution in [2.24, 2.45) is 17.1 Å². The Morgan fingerprint density at radius 1 is 1.56 bits per heavy atom. The van der Waals surface area contributed by atoms with Gasteiger partial charge >= 0.3 is 0 Å². The molecular weight excluding hydrogens is 200 g/mol. The van der Waals surface area contributed by atoms with Crippen molar-refractivity contribution < 1.29 is 4.79 Å². The van der Waals surface area contributed by atoms with E-state index in [2.05, 4.69) is 20.8 Å². The molecule has 0 bridgehead atoms. The third kappa shape index (κ3) is 2.40. The summed E-state index contributed by atoms with van der Waals surface area (Å²) in [4.78, 5) is 14.2. The Hall–Kier alpha value is -0.570. The van der Waals surface area contributed by atoms with Crippen molar-refractivity contribution in [2.75, 3.05) is 13.1 Å².